The highest BCUT2D eigenvalue weighted by Crippen LogP contribution is 2.47. The molecular formula is C16H16O4S. The van der Waals surface area contributed by atoms with Gasteiger partial charge in [-0.15, -0.1) is 0 Å². The van der Waals surface area contributed by atoms with E-state index in [2.05, 4.69) is 0 Å². The van der Waals surface area contributed by atoms with Crippen molar-refractivity contribution in [3.8, 4) is 11.5 Å². The van der Waals surface area contributed by atoms with Crippen molar-refractivity contribution in [2.45, 2.75) is 16.6 Å². The highest BCUT2D eigenvalue weighted by molar-refractivity contribution is 7.91. The summed E-state index contributed by atoms with van der Waals surface area (Å²) in [6, 6.07) is 12.1. The minimum Gasteiger partial charge on any atom is -0.497 e. The summed E-state index contributed by atoms with van der Waals surface area (Å²) in [5, 5.41) is -0.529. The van der Waals surface area contributed by atoms with Crippen molar-refractivity contribution in [2.75, 3.05) is 14.2 Å². The molecule has 0 N–H and O–H groups in total. The molecule has 0 aliphatic heterocycles. The van der Waals surface area contributed by atoms with Crippen LogP contribution in [0.5, 0.6) is 11.5 Å². The van der Waals surface area contributed by atoms with Gasteiger partial charge in [0, 0.05) is 11.6 Å². The van der Waals surface area contributed by atoms with Gasteiger partial charge >= 0.3 is 0 Å². The number of hydrogen-bond donors (Lipinski definition) is 0. The van der Waals surface area contributed by atoms with Gasteiger partial charge in [0.1, 0.15) is 11.5 Å². The monoisotopic (exact) mass is 304 g/mol. The number of benzene rings is 2. The summed E-state index contributed by atoms with van der Waals surface area (Å²) >= 11 is 0. The highest BCUT2D eigenvalue weighted by atomic mass is 32.2. The highest BCUT2D eigenvalue weighted by Gasteiger charge is 2.40. The molecule has 5 heteroatoms. The van der Waals surface area contributed by atoms with Crippen LogP contribution >= 0.6 is 0 Å². The standard InChI is InChI=1S/C16H16O4S/c1-19-11-8-14-13(15(9-11)20-2)10-16(14)21(17,18)12-6-4-3-5-7-12/h3-9,16H,10H2,1-2H3. The molecule has 0 amide bonds. The van der Waals surface area contributed by atoms with Crippen LogP contribution in [0.15, 0.2) is 47.4 Å². The maximum Gasteiger partial charge on any atom is 0.185 e. The second-order valence-electron chi connectivity index (χ2n) is 4.95. The molecule has 0 saturated heterocycles. The largest absolute Gasteiger partial charge is 0.497 e. The predicted octanol–water partition coefficient (Wildman–Crippen LogP) is 2.77. The van der Waals surface area contributed by atoms with Gasteiger partial charge in [-0.2, -0.15) is 0 Å². The van der Waals surface area contributed by atoms with E-state index in [1.54, 1.807) is 56.7 Å². The molecule has 0 bridgehead atoms. The van der Waals surface area contributed by atoms with Crippen molar-refractivity contribution in [1.82, 2.24) is 0 Å². The van der Waals surface area contributed by atoms with Gasteiger partial charge in [0.25, 0.3) is 0 Å². The van der Waals surface area contributed by atoms with Crippen LogP contribution < -0.4 is 9.47 Å². The van der Waals surface area contributed by atoms with Crippen molar-refractivity contribution in [3.05, 3.63) is 53.6 Å². The van der Waals surface area contributed by atoms with Crippen molar-refractivity contribution < 1.29 is 17.9 Å². The lowest BCUT2D eigenvalue weighted by Crippen LogP contribution is -2.26. The third-order valence-corrected chi connectivity index (χ3v) is 5.95. The molecule has 0 aromatic heterocycles. The topological polar surface area (TPSA) is 52.6 Å². The molecule has 21 heavy (non-hydrogen) atoms. The van der Waals surface area contributed by atoms with E-state index in [1.165, 1.54) is 0 Å². The molecule has 0 heterocycles. The first-order chi connectivity index (χ1) is 10.1. The van der Waals surface area contributed by atoms with Crippen LogP contribution in [0.2, 0.25) is 0 Å². The van der Waals surface area contributed by atoms with Gasteiger partial charge in [0.2, 0.25) is 0 Å². The summed E-state index contributed by atoms with van der Waals surface area (Å²) < 4.78 is 35.9. The van der Waals surface area contributed by atoms with Gasteiger partial charge in [-0.3, -0.25) is 0 Å². The minimum absolute atomic E-state index is 0.349. The van der Waals surface area contributed by atoms with Crippen molar-refractivity contribution in [2.24, 2.45) is 0 Å². The lowest BCUT2D eigenvalue weighted by Gasteiger charge is -2.31. The van der Waals surface area contributed by atoms with E-state index in [-0.39, 0.29) is 0 Å². The number of rotatable bonds is 4. The van der Waals surface area contributed by atoms with Gasteiger partial charge in [0.05, 0.1) is 24.4 Å². The molecule has 1 atom stereocenters. The van der Waals surface area contributed by atoms with Crippen molar-refractivity contribution in [3.63, 3.8) is 0 Å². The summed E-state index contributed by atoms with van der Waals surface area (Å²) in [4.78, 5) is 0.349. The lowest BCUT2D eigenvalue weighted by atomic mass is 9.87. The molecule has 0 radical (unpaired) electrons. The first-order valence-electron chi connectivity index (χ1n) is 6.61. The Morgan fingerprint density at radius 2 is 1.76 bits per heavy atom. The first-order valence-corrected chi connectivity index (χ1v) is 8.16. The summed E-state index contributed by atoms with van der Waals surface area (Å²) in [6.07, 6.45) is 0.472. The van der Waals surface area contributed by atoms with Crippen LogP contribution in [0.3, 0.4) is 0 Å². The second kappa shape index (κ2) is 5.07. The fraction of sp³-hybridized carbons (Fsp3) is 0.250. The van der Waals surface area contributed by atoms with Gasteiger partial charge in [-0.1, -0.05) is 18.2 Å². The van der Waals surface area contributed by atoms with E-state index in [9.17, 15) is 8.42 Å². The molecule has 1 unspecified atom stereocenters. The SMILES string of the molecule is COc1cc(OC)c2c(c1)C(S(=O)(=O)c1ccccc1)C2. The van der Waals surface area contributed by atoms with Crippen LogP contribution in [0.4, 0.5) is 0 Å². The van der Waals surface area contributed by atoms with Crippen LogP contribution in [0.1, 0.15) is 16.4 Å². The fourth-order valence-electron chi connectivity index (χ4n) is 2.66. The summed E-state index contributed by atoms with van der Waals surface area (Å²) in [5.74, 6) is 1.29. The van der Waals surface area contributed by atoms with Gasteiger partial charge in [0.15, 0.2) is 9.84 Å². The zero-order chi connectivity index (χ0) is 15.0. The van der Waals surface area contributed by atoms with Gasteiger partial charge < -0.3 is 9.47 Å². The van der Waals surface area contributed by atoms with Crippen LogP contribution in [0, 0.1) is 0 Å². The normalized spacial score (nSPS) is 16.8. The van der Waals surface area contributed by atoms with E-state index in [0.29, 0.717) is 22.8 Å². The average molecular weight is 304 g/mol. The Balaban J connectivity index is 2.05. The number of methoxy groups -OCH3 is 2. The maximum atomic E-state index is 12.7. The Hall–Kier alpha value is -2.01. The van der Waals surface area contributed by atoms with Crippen molar-refractivity contribution >= 4 is 9.84 Å². The molecule has 1 aliphatic carbocycles. The molecule has 2 aromatic rings. The third-order valence-electron chi connectivity index (χ3n) is 3.86. The van der Waals surface area contributed by atoms with Crippen LogP contribution in [-0.4, -0.2) is 22.6 Å². The second-order valence-corrected chi connectivity index (χ2v) is 7.08. The van der Waals surface area contributed by atoms with Crippen LogP contribution in [0.25, 0.3) is 0 Å². The number of fused-ring (bicyclic) bond motifs is 1. The van der Waals surface area contributed by atoms with Crippen molar-refractivity contribution in [1.29, 1.82) is 0 Å². The first kappa shape index (κ1) is 13.9. The molecule has 2 aromatic carbocycles. The molecule has 4 nitrogen and oxygen atoms in total. The third kappa shape index (κ3) is 2.17. The number of sulfone groups is 1. The Labute approximate surface area is 124 Å². The Kier molecular flexibility index (Phi) is 3.37. The zero-order valence-electron chi connectivity index (χ0n) is 11.9. The lowest BCUT2D eigenvalue weighted by molar-refractivity contribution is 0.385. The summed E-state index contributed by atoms with van der Waals surface area (Å²) in [5.41, 5.74) is 1.72. The minimum atomic E-state index is -3.38. The average Bonchev–Trinajstić information content (AvgIpc) is 2.48. The molecule has 0 spiro atoms. The number of hydrogen-bond acceptors (Lipinski definition) is 4. The Morgan fingerprint density at radius 3 is 2.38 bits per heavy atom. The smallest absolute Gasteiger partial charge is 0.185 e. The number of ether oxygens (including phenoxy) is 2. The quantitative estimate of drug-likeness (QED) is 0.871. The molecule has 1 aliphatic rings. The van der Waals surface area contributed by atoms with E-state index in [1.807, 2.05) is 0 Å². The van der Waals surface area contributed by atoms with E-state index < -0.39 is 15.1 Å². The van der Waals surface area contributed by atoms with Crippen LogP contribution in [-0.2, 0) is 16.3 Å². The fourth-order valence-corrected chi connectivity index (χ4v) is 4.46. The molecule has 0 fully saturated rings. The zero-order valence-corrected chi connectivity index (χ0v) is 12.7. The Bertz CT molecular complexity index is 766. The van der Waals surface area contributed by atoms with E-state index in [0.717, 1.165) is 11.1 Å². The Morgan fingerprint density at radius 1 is 1.05 bits per heavy atom. The maximum absolute atomic E-state index is 12.7. The molecule has 3 rings (SSSR count). The molecular weight excluding hydrogens is 288 g/mol. The summed E-state index contributed by atoms with van der Waals surface area (Å²) in [7, 11) is -0.243. The van der Waals surface area contributed by atoms with E-state index >= 15 is 0 Å². The summed E-state index contributed by atoms with van der Waals surface area (Å²) in [6.45, 7) is 0. The predicted molar refractivity (Wildman–Crippen MR) is 79.6 cm³/mol. The van der Waals surface area contributed by atoms with E-state index in [4.69, 9.17) is 9.47 Å². The van der Waals surface area contributed by atoms with Gasteiger partial charge in [-0.25, -0.2) is 8.42 Å². The molecule has 0 saturated carbocycles. The molecule has 110 valence electrons. The van der Waals surface area contributed by atoms with Gasteiger partial charge in [-0.05, 0) is 30.2 Å².